The van der Waals surface area contributed by atoms with Crippen molar-refractivity contribution in [3.63, 3.8) is 0 Å². The van der Waals surface area contributed by atoms with Crippen LogP contribution < -0.4 is 14.8 Å². The fourth-order valence-electron chi connectivity index (χ4n) is 3.57. The fourth-order valence-corrected chi connectivity index (χ4v) is 3.57. The highest BCUT2D eigenvalue weighted by Gasteiger charge is 2.38. The van der Waals surface area contributed by atoms with Gasteiger partial charge in [-0.3, -0.25) is 14.5 Å². The number of nitrogens with zero attached hydrogens (tertiary/aromatic N) is 1. The summed E-state index contributed by atoms with van der Waals surface area (Å²) in [5.74, 6) is 0.700. The highest BCUT2D eigenvalue weighted by Crippen LogP contribution is 2.32. The number of carbonyl (C=O) groups is 2. The third kappa shape index (κ3) is 6.14. The quantitative estimate of drug-likeness (QED) is 0.356. The van der Waals surface area contributed by atoms with E-state index in [0.29, 0.717) is 61.1 Å². The van der Waals surface area contributed by atoms with Crippen LogP contribution in [-0.2, 0) is 14.3 Å². The molecule has 2 aromatic rings. The van der Waals surface area contributed by atoms with Crippen molar-refractivity contribution in [3.8, 4) is 11.5 Å². The first-order valence-corrected chi connectivity index (χ1v) is 11.4. The smallest absolute Gasteiger partial charge is 0.278 e. The summed E-state index contributed by atoms with van der Waals surface area (Å²) in [6, 6.07) is 14.5. The number of amides is 2. The van der Waals surface area contributed by atoms with Gasteiger partial charge in [0.1, 0.15) is 17.2 Å². The van der Waals surface area contributed by atoms with Crippen LogP contribution in [0.4, 0.5) is 5.69 Å². The molecule has 0 unspecified atom stereocenters. The summed E-state index contributed by atoms with van der Waals surface area (Å²) in [6.45, 7) is 6.07. The minimum atomic E-state index is -0.347. The predicted octanol–water partition coefficient (Wildman–Crippen LogP) is 4.49. The van der Waals surface area contributed by atoms with Gasteiger partial charge in [0.25, 0.3) is 11.8 Å². The normalized spacial score (nSPS) is 13.6. The van der Waals surface area contributed by atoms with Gasteiger partial charge in [-0.25, -0.2) is 0 Å². The van der Waals surface area contributed by atoms with E-state index in [1.807, 2.05) is 25.1 Å². The number of benzene rings is 2. The van der Waals surface area contributed by atoms with Crippen molar-refractivity contribution in [2.24, 2.45) is 0 Å². The Morgan fingerprint density at radius 3 is 2.36 bits per heavy atom. The second kappa shape index (κ2) is 12.1. The lowest BCUT2D eigenvalue weighted by Gasteiger charge is -2.15. The molecule has 0 spiro atoms. The minimum absolute atomic E-state index is 0.254. The summed E-state index contributed by atoms with van der Waals surface area (Å²) >= 11 is 0. The number of anilines is 1. The van der Waals surface area contributed by atoms with Crippen LogP contribution in [0, 0.1) is 0 Å². The number of hydrogen-bond acceptors (Lipinski definition) is 6. The first kappa shape index (κ1) is 24.3. The van der Waals surface area contributed by atoms with E-state index in [2.05, 4.69) is 12.2 Å². The summed E-state index contributed by atoms with van der Waals surface area (Å²) in [4.78, 5) is 27.9. The monoisotopic (exact) mass is 452 g/mol. The maximum Gasteiger partial charge on any atom is 0.278 e. The van der Waals surface area contributed by atoms with Crippen molar-refractivity contribution < 1.29 is 23.8 Å². The molecule has 1 aliphatic heterocycles. The Morgan fingerprint density at radius 2 is 1.67 bits per heavy atom. The molecule has 0 saturated heterocycles. The maximum atomic E-state index is 13.3. The minimum Gasteiger partial charge on any atom is -0.497 e. The van der Waals surface area contributed by atoms with Crippen molar-refractivity contribution in [2.75, 3.05) is 38.8 Å². The first-order chi connectivity index (χ1) is 16.1. The Morgan fingerprint density at radius 1 is 0.909 bits per heavy atom. The number of rotatable bonds is 13. The van der Waals surface area contributed by atoms with Gasteiger partial charge in [0.05, 0.1) is 19.3 Å². The molecule has 0 fully saturated rings. The van der Waals surface area contributed by atoms with Crippen molar-refractivity contribution >= 4 is 23.1 Å². The highest BCUT2D eigenvalue weighted by atomic mass is 16.5. The van der Waals surface area contributed by atoms with Crippen molar-refractivity contribution in [2.45, 2.75) is 33.1 Å². The zero-order valence-electron chi connectivity index (χ0n) is 19.6. The van der Waals surface area contributed by atoms with E-state index >= 15 is 0 Å². The van der Waals surface area contributed by atoms with Crippen LogP contribution in [-0.4, -0.2) is 50.2 Å². The Hall–Kier alpha value is -3.32. The second-order valence-corrected chi connectivity index (χ2v) is 7.65. The van der Waals surface area contributed by atoms with Crippen LogP contribution in [0.25, 0.3) is 5.57 Å². The number of nitrogens with one attached hydrogen (secondary N) is 1. The van der Waals surface area contributed by atoms with Crippen LogP contribution in [0.3, 0.4) is 0 Å². The van der Waals surface area contributed by atoms with Gasteiger partial charge < -0.3 is 19.5 Å². The standard InChI is InChI=1S/C26H32N2O5/c1-4-6-16-32-17-8-15-28-25(29)23(19-11-13-21(14-12-19)33-5-2)24(26(28)30)27-20-9-7-10-22(18-20)31-3/h7,9-14,18,27H,4-6,8,15-17H2,1-3H3. The van der Waals surface area contributed by atoms with E-state index in [4.69, 9.17) is 14.2 Å². The average molecular weight is 453 g/mol. The maximum absolute atomic E-state index is 13.3. The molecule has 3 rings (SSSR count). The summed E-state index contributed by atoms with van der Waals surface area (Å²) in [7, 11) is 1.58. The van der Waals surface area contributed by atoms with Gasteiger partial charge in [-0.05, 0) is 49.6 Å². The van der Waals surface area contributed by atoms with Gasteiger partial charge >= 0.3 is 0 Å². The molecule has 0 saturated carbocycles. The number of methoxy groups -OCH3 is 1. The van der Waals surface area contributed by atoms with Gasteiger partial charge in [-0.2, -0.15) is 0 Å². The largest absolute Gasteiger partial charge is 0.497 e. The first-order valence-electron chi connectivity index (χ1n) is 11.4. The van der Waals surface area contributed by atoms with Crippen molar-refractivity contribution in [1.29, 1.82) is 0 Å². The predicted molar refractivity (Wildman–Crippen MR) is 128 cm³/mol. The van der Waals surface area contributed by atoms with E-state index in [-0.39, 0.29) is 17.5 Å². The third-order valence-corrected chi connectivity index (χ3v) is 5.27. The number of carbonyl (C=O) groups excluding carboxylic acids is 2. The van der Waals surface area contributed by atoms with E-state index in [1.165, 1.54) is 4.90 Å². The fraction of sp³-hybridized carbons (Fsp3) is 0.385. The van der Waals surface area contributed by atoms with E-state index in [0.717, 1.165) is 12.8 Å². The molecule has 0 aromatic heterocycles. The number of hydrogen-bond donors (Lipinski definition) is 1. The molecule has 176 valence electrons. The van der Waals surface area contributed by atoms with Crippen LogP contribution in [0.5, 0.6) is 11.5 Å². The van der Waals surface area contributed by atoms with E-state index in [9.17, 15) is 9.59 Å². The van der Waals surface area contributed by atoms with Crippen LogP contribution in [0.2, 0.25) is 0 Å². The lowest BCUT2D eigenvalue weighted by molar-refractivity contribution is -0.137. The molecular weight excluding hydrogens is 420 g/mol. The molecule has 2 amide bonds. The van der Waals surface area contributed by atoms with E-state index < -0.39 is 0 Å². The molecule has 0 bridgehead atoms. The topological polar surface area (TPSA) is 77.1 Å². The molecule has 0 atom stereocenters. The van der Waals surface area contributed by atoms with Gasteiger partial charge in [-0.15, -0.1) is 0 Å². The lowest BCUT2D eigenvalue weighted by Crippen LogP contribution is -2.34. The SMILES string of the molecule is CCCCOCCCN1C(=O)C(Nc2cccc(OC)c2)=C(c2ccc(OCC)cc2)C1=O. The molecule has 7 heteroatoms. The summed E-state index contributed by atoms with van der Waals surface area (Å²) in [5.41, 5.74) is 1.92. The molecule has 0 radical (unpaired) electrons. The molecule has 33 heavy (non-hydrogen) atoms. The average Bonchev–Trinajstić information content (AvgIpc) is 3.06. The van der Waals surface area contributed by atoms with Crippen molar-refractivity contribution in [3.05, 3.63) is 59.8 Å². The molecular formula is C26H32N2O5. The zero-order chi connectivity index (χ0) is 23.6. The number of unbranched alkanes of at least 4 members (excludes halogenated alkanes) is 1. The molecule has 1 N–H and O–H groups in total. The van der Waals surface area contributed by atoms with Gasteiger partial charge in [-0.1, -0.05) is 31.5 Å². The van der Waals surface area contributed by atoms with Gasteiger partial charge in [0.2, 0.25) is 0 Å². The molecule has 1 aliphatic rings. The number of imide groups is 1. The summed E-state index contributed by atoms with van der Waals surface area (Å²) in [6.07, 6.45) is 2.65. The molecule has 0 aliphatic carbocycles. The molecule has 1 heterocycles. The van der Waals surface area contributed by atoms with Crippen LogP contribution in [0.15, 0.2) is 54.2 Å². The Balaban J connectivity index is 1.84. The molecule has 2 aromatic carbocycles. The summed E-state index contributed by atoms with van der Waals surface area (Å²) in [5, 5.41) is 3.16. The van der Waals surface area contributed by atoms with Crippen LogP contribution in [0.1, 0.15) is 38.7 Å². The Bertz CT molecular complexity index is 984. The highest BCUT2D eigenvalue weighted by molar-refractivity contribution is 6.36. The molecule has 7 nitrogen and oxygen atoms in total. The van der Waals surface area contributed by atoms with E-state index in [1.54, 1.807) is 37.4 Å². The Kier molecular flexibility index (Phi) is 8.89. The number of ether oxygens (including phenoxy) is 3. The second-order valence-electron chi connectivity index (χ2n) is 7.65. The zero-order valence-corrected chi connectivity index (χ0v) is 19.6. The third-order valence-electron chi connectivity index (χ3n) is 5.27. The lowest BCUT2D eigenvalue weighted by atomic mass is 10.0. The van der Waals surface area contributed by atoms with Crippen molar-refractivity contribution in [1.82, 2.24) is 4.90 Å². The van der Waals surface area contributed by atoms with Gasteiger partial charge in [0, 0.05) is 31.5 Å². The summed E-state index contributed by atoms with van der Waals surface area (Å²) < 4.78 is 16.4. The van der Waals surface area contributed by atoms with Crippen LogP contribution >= 0.6 is 0 Å². The Labute approximate surface area is 195 Å². The van der Waals surface area contributed by atoms with Gasteiger partial charge in [0.15, 0.2) is 0 Å².